The van der Waals surface area contributed by atoms with E-state index in [4.69, 9.17) is 16.9 Å². The number of rotatable bonds is 2. The maximum absolute atomic E-state index is 11.9. The average molecular weight is 284 g/mol. The third kappa shape index (κ3) is 3.77. The summed E-state index contributed by atoms with van der Waals surface area (Å²) in [5, 5.41) is 9.05. The number of carbonyl (C=O) groups excluding carboxylic acids is 2. The van der Waals surface area contributed by atoms with Gasteiger partial charge in [-0.15, -0.1) is 11.6 Å². The maximum atomic E-state index is 11.9. The Hall–Kier alpha value is -1.41. The van der Waals surface area contributed by atoms with Gasteiger partial charge in [0, 0.05) is 12.8 Å². The number of nitrogens with zero attached hydrogens (tertiary/aromatic N) is 3. The molecule has 0 aromatic heterocycles. The highest BCUT2D eigenvalue weighted by Gasteiger charge is 2.38. The van der Waals surface area contributed by atoms with E-state index in [2.05, 4.69) is 4.99 Å². The molecule has 0 unspecified atom stereocenters. The molecule has 0 radical (unpaired) electrons. The number of imide groups is 1. The third-order valence-corrected chi connectivity index (χ3v) is 2.85. The van der Waals surface area contributed by atoms with E-state index in [1.807, 2.05) is 6.07 Å². The van der Waals surface area contributed by atoms with Gasteiger partial charge in [0.15, 0.2) is 0 Å². The summed E-state index contributed by atoms with van der Waals surface area (Å²) >= 11 is 6.24. The van der Waals surface area contributed by atoms with Crippen molar-refractivity contribution in [1.29, 1.82) is 5.26 Å². The first-order valence-electron chi connectivity index (χ1n) is 6.15. The van der Waals surface area contributed by atoms with Crippen LogP contribution in [0.15, 0.2) is 4.99 Å². The number of piperidine rings is 1. The Kier molecular flexibility index (Phi) is 4.36. The second kappa shape index (κ2) is 5.30. The fourth-order valence-electron chi connectivity index (χ4n) is 1.73. The van der Waals surface area contributed by atoms with Crippen LogP contribution in [-0.2, 0) is 9.59 Å². The summed E-state index contributed by atoms with van der Waals surface area (Å²) in [5.74, 6) is -0.467. The lowest BCUT2D eigenvalue weighted by Gasteiger charge is -2.33. The van der Waals surface area contributed by atoms with Gasteiger partial charge in [-0.1, -0.05) is 0 Å². The number of halogens is 1. The number of hydrogen-bond acceptors (Lipinski definition) is 4. The zero-order chi connectivity index (χ0) is 14.8. The van der Waals surface area contributed by atoms with E-state index in [1.165, 1.54) is 0 Å². The zero-order valence-corrected chi connectivity index (χ0v) is 12.4. The average Bonchev–Trinajstić information content (AvgIpc) is 2.26. The maximum Gasteiger partial charge on any atom is 0.234 e. The predicted molar refractivity (Wildman–Crippen MR) is 72.8 cm³/mol. The molecule has 104 valence electrons. The summed E-state index contributed by atoms with van der Waals surface area (Å²) in [6.45, 7) is 6.51. The molecular formula is C13H18ClN3O2. The van der Waals surface area contributed by atoms with Crippen molar-refractivity contribution >= 4 is 29.3 Å². The van der Waals surface area contributed by atoms with Crippen molar-refractivity contribution in [2.75, 3.05) is 0 Å². The molecular weight excluding hydrogens is 266 g/mol. The SMILES string of the molecule is CC(C)(C#N)N=C(N1C(=O)CCCC1=O)C(C)(C)Cl. The molecule has 0 spiro atoms. The number of amides is 2. The van der Waals surface area contributed by atoms with Crippen molar-refractivity contribution in [2.45, 2.75) is 57.4 Å². The highest BCUT2D eigenvalue weighted by Crippen LogP contribution is 2.25. The number of carbonyl (C=O) groups is 2. The monoisotopic (exact) mass is 283 g/mol. The largest absolute Gasteiger partial charge is 0.274 e. The minimum atomic E-state index is -1.04. The Bertz CT molecular complexity index is 453. The Labute approximate surface area is 118 Å². The van der Waals surface area contributed by atoms with Crippen LogP contribution < -0.4 is 0 Å². The summed E-state index contributed by atoms with van der Waals surface area (Å²) in [7, 11) is 0. The number of aliphatic imine (C=N–C) groups is 1. The van der Waals surface area contributed by atoms with Crippen molar-refractivity contribution in [3.05, 3.63) is 0 Å². The second-order valence-corrected chi connectivity index (χ2v) is 6.50. The molecule has 0 saturated carbocycles. The molecule has 1 heterocycles. The number of likely N-dealkylation sites (tertiary alicyclic amines) is 1. The molecule has 0 aliphatic carbocycles. The minimum Gasteiger partial charge on any atom is -0.274 e. The first kappa shape index (κ1) is 15.6. The van der Waals surface area contributed by atoms with E-state index in [0.29, 0.717) is 19.3 Å². The van der Waals surface area contributed by atoms with Gasteiger partial charge >= 0.3 is 0 Å². The number of hydrogen-bond donors (Lipinski definition) is 0. The van der Waals surface area contributed by atoms with Crippen LogP contribution in [0.3, 0.4) is 0 Å². The number of amidine groups is 1. The van der Waals surface area contributed by atoms with Crippen LogP contribution in [0.1, 0.15) is 47.0 Å². The first-order valence-corrected chi connectivity index (χ1v) is 6.52. The highest BCUT2D eigenvalue weighted by atomic mass is 35.5. The van der Waals surface area contributed by atoms with Gasteiger partial charge in [-0.3, -0.25) is 9.59 Å². The van der Waals surface area contributed by atoms with Gasteiger partial charge in [0.05, 0.1) is 10.9 Å². The van der Waals surface area contributed by atoms with Crippen LogP contribution in [0.2, 0.25) is 0 Å². The van der Waals surface area contributed by atoms with Gasteiger partial charge in [0.1, 0.15) is 11.4 Å². The fraction of sp³-hybridized carbons (Fsp3) is 0.692. The van der Waals surface area contributed by atoms with Crippen molar-refractivity contribution < 1.29 is 9.59 Å². The number of alkyl halides is 1. The van der Waals surface area contributed by atoms with E-state index in [1.54, 1.807) is 27.7 Å². The quantitative estimate of drug-likeness (QED) is 0.338. The molecule has 1 saturated heterocycles. The van der Waals surface area contributed by atoms with Crippen LogP contribution in [0.25, 0.3) is 0 Å². The minimum absolute atomic E-state index is 0.149. The Morgan fingerprint density at radius 2 is 1.74 bits per heavy atom. The lowest BCUT2D eigenvalue weighted by molar-refractivity contribution is -0.142. The van der Waals surface area contributed by atoms with E-state index in [0.717, 1.165) is 4.90 Å². The van der Waals surface area contributed by atoms with Crippen molar-refractivity contribution in [3.63, 3.8) is 0 Å². The smallest absolute Gasteiger partial charge is 0.234 e. The standard InChI is InChI=1S/C13H18ClN3O2/c1-12(2,8-15)16-11(13(3,4)14)17-9(18)6-5-7-10(17)19/h5-7H2,1-4H3. The molecule has 5 nitrogen and oxygen atoms in total. The van der Waals surface area contributed by atoms with E-state index in [-0.39, 0.29) is 17.6 Å². The van der Waals surface area contributed by atoms with Crippen LogP contribution in [0.4, 0.5) is 0 Å². The second-order valence-electron chi connectivity index (χ2n) is 5.56. The predicted octanol–water partition coefficient (Wildman–Crippen LogP) is 2.24. The molecule has 0 aromatic rings. The van der Waals surface area contributed by atoms with Crippen LogP contribution >= 0.6 is 11.6 Å². The van der Waals surface area contributed by atoms with E-state index in [9.17, 15) is 9.59 Å². The molecule has 0 bridgehead atoms. The summed E-state index contributed by atoms with van der Waals surface area (Å²) in [6, 6.07) is 2.02. The number of nitriles is 1. The molecule has 2 amide bonds. The molecule has 0 aromatic carbocycles. The molecule has 19 heavy (non-hydrogen) atoms. The normalized spacial score (nSPS) is 18.5. The van der Waals surface area contributed by atoms with Crippen LogP contribution in [-0.4, -0.2) is 33.0 Å². The van der Waals surface area contributed by atoms with Gasteiger partial charge < -0.3 is 0 Å². The molecule has 0 N–H and O–H groups in total. The van der Waals surface area contributed by atoms with Gasteiger partial charge in [-0.2, -0.15) is 5.26 Å². The molecule has 1 aliphatic heterocycles. The topological polar surface area (TPSA) is 73.5 Å². The fourth-order valence-corrected chi connectivity index (χ4v) is 1.86. The molecule has 1 aliphatic rings. The molecule has 1 fully saturated rings. The summed E-state index contributed by atoms with van der Waals surface area (Å²) in [6.07, 6.45) is 1.14. The Morgan fingerprint density at radius 1 is 1.26 bits per heavy atom. The molecule has 1 rings (SSSR count). The molecule has 6 heteroatoms. The lowest BCUT2D eigenvalue weighted by Crippen LogP contribution is -2.51. The third-order valence-electron chi connectivity index (χ3n) is 2.68. The zero-order valence-electron chi connectivity index (χ0n) is 11.7. The molecule has 0 atom stereocenters. The van der Waals surface area contributed by atoms with E-state index < -0.39 is 10.4 Å². The van der Waals surface area contributed by atoms with Crippen molar-refractivity contribution in [1.82, 2.24) is 4.90 Å². The van der Waals surface area contributed by atoms with Crippen LogP contribution in [0.5, 0.6) is 0 Å². The lowest BCUT2D eigenvalue weighted by atomic mass is 10.0. The summed E-state index contributed by atoms with van der Waals surface area (Å²) in [5.41, 5.74) is -1.04. The van der Waals surface area contributed by atoms with Gasteiger partial charge in [0.2, 0.25) is 11.8 Å². The van der Waals surface area contributed by atoms with Gasteiger partial charge in [0.25, 0.3) is 0 Å². The van der Waals surface area contributed by atoms with Crippen molar-refractivity contribution in [3.8, 4) is 6.07 Å². The Balaban J connectivity index is 3.30. The Morgan fingerprint density at radius 3 is 2.11 bits per heavy atom. The van der Waals surface area contributed by atoms with Gasteiger partial charge in [-0.05, 0) is 34.1 Å². The highest BCUT2D eigenvalue weighted by molar-refractivity contribution is 6.38. The van der Waals surface area contributed by atoms with E-state index >= 15 is 0 Å². The van der Waals surface area contributed by atoms with Gasteiger partial charge in [-0.25, -0.2) is 9.89 Å². The first-order chi connectivity index (χ1) is 8.58. The summed E-state index contributed by atoms with van der Waals surface area (Å²) in [4.78, 5) is 28.2. The van der Waals surface area contributed by atoms with Crippen LogP contribution in [0, 0.1) is 11.3 Å². The summed E-state index contributed by atoms with van der Waals surface area (Å²) < 4.78 is 0. The van der Waals surface area contributed by atoms with Crippen molar-refractivity contribution in [2.24, 2.45) is 4.99 Å².